The molecule has 90 valence electrons. The summed E-state index contributed by atoms with van der Waals surface area (Å²) in [4.78, 5) is 4.73. The van der Waals surface area contributed by atoms with Gasteiger partial charge in [0.2, 0.25) is 0 Å². The number of thioether (sulfide) groups is 2. The number of nitrogens with zero attached hydrogens (tertiary/aromatic N) is 1. The molecule has 0 saturated carbocycles. The molecule has 1 aromatic heterocycles. The molecule has 1 fully saturated rings. The third-order valence-corrected chi connectivity index (χ3v) is 7.05. The van der Waals surface area contributed by atoms with Crippen molar-refractivity contribution in [1.82, 2.24) is 4.98 Å². The van der Waals surface area contributed by atoms with E-state index in [1.807, 2.05) is 11.3 Å². The van der Waals surface area contributed by atoms with E-state index in [2.05, 4.69) is 35.8 Å². The summed E-state index contributed by atoms with van der Waals surface area (Å²) in [5.74, 6) is 2.55. The summed E-state index contributed by atoms with van der Waals surface area (Å²) in [6.45, 7) is 2.98. The van der Waals surface area contributed by atoms with Crippen LogP contribution in [0.5, 0.6) is 0 Å². The molecule has 0 amide bonds. The average Bonchev–Trinajstić information content (AvgIpc) is 2.78. The zero-order valence-electron chi connectivity index (χ0n) is 9.52. The molecular formula is C11H18N2S3. The monoisotopic (exact) mass is 274 g/mol. The van der Waals surface area contributed by atoms with E-state index in [0.717, 1.165) is 11.7 Å². The maximum absolute atomic E-state index is 5.56. The van der Waals surface area contributed by atoms with Crippen LogP contribution in [0.15, 0.2) is 5.38 Å². The molecule has 2 atom stereocenters. The number of rotatable bonds is 4. The van der Waals surface area contributed by atoms with Crippen LogP contribution in [0.4, 0.5) is 0 Å². The summed E-state index contributed by atoms with van der Waals surface area (Å²) in [5, 5.41) is 4.85. The van der Waals surface area contributed by atoms with Crippen LogP contribution in [0.3, 0.4) is 0 Å². The van der Waals surface area contributed by atoms with Gasteiger partial charge < -0.3 is 5.73 Å². The summed E-state index contributed by atoms with van der Waals surface area (Å²) in [5.41, 5.74) is 6.73. The Bertz CT molecular complexity index is 327. The van der Waals surface area contributed by atoms with E-state index in [9.17, 15) is 0 Å². The molecule has 2 rings (SSSR count). The first-order valence-corrected chi connectivity index (χ1v) is 8.70. The fraction of sp³-hybridized carbons (Fsp3) is 0.727. The van der Waals surface area contributed by atoms with E-state index >= 15 is 0 Å². The van der Waals surface area contributed by atoms with Crippen LogP contribution < -0.4 is 5.73 Å². The lowest BCUT2D eigenvalue weighted by Gasteiger charge is -2.28. The lowest BCUT2D eigenvalue weighted by molar-refractivity contribution is 0.782. The van der Waals surface area contributed by atoms with Crippen LogP contribution in [0, 0.1) is 0 Å². The molecule has 1 aliphatic heterocycles. The molecule has 1 aromatic rings. The summed E-state index contributed by atoms with van der Waals surface area (Å²) >= 11 is 6.00. The number of nitrogens with two attached hydrogens (primary N) is 1. The predicted molar refractivity (Wildman–Crippen MR) is 76.6 cm³/mol. The van der Waals surface area contributed by atoms with Crippen LogP contribution in [-0.2, 0) is 6.42 Å². The molecule has 2 heterocycles. The maximum atomic E-state index is 5.56. The van der Waals surface area contributed by atoms with Gasteiger partial charge in [-0.2, -0.15) is 11.8 Å². The third-order valence-electron chi connectivity index (χ3n) is 2.67. The van der Waals surface area contributed by atoms with E-state index in [-0.39, 0.29) is 0 Å². The predicted octanol–water partition coefficient (Wildman–Crippen LogP) is 2.94. The van der Waals surface area contributed by atoms with Gasteiger partial charge in [-0.15, -0.1) is 23.1 Å². The minimum Gasteiger partial charge on any atom is -0.330 e. The minimum atomic E-state index is 0.611. The molecule has 0 spiro atoms. The summed E-state index contributed by atoms with van der Waals surface area (Å²) in [6.07, 6.45) is 2.16. The zero-order valence-corrected chi connectivity index (χ0v) is 12.0. The van der Waals surface area contributed by atoms with Crippen molar-refractivity contribution in [3.05, 3.63) is 16.1 Å². The smallest absolute Gasteiger partial charge is 0.107 e. The Balaban J connectivity index is 2.08. The molecule has 16 heavy (non-hydrogen) atoms. The molecule has 2 unspecified atom stereocenters. The van der Waals surface area contributed by atoms with Gasteiger partial charge in [0.1, 0.15) is 5.01 Å². The molecule has 0 radical (unpaired) electrons. The molecule has 1 saturated heterocycles. The molecule has 0 bridgehead atoms. The Hall–Kier alpha value is 0.290. The molecular weight excluding hydrogens is 256 g/mol. The third kappa shape index (κ3) is 2.94. The second kappa shape index (κ2) is 6.28. The summed E-state index contributed by atoms with van der Waals surface area (Å²) in [7, 11) is 0. The SMILES string of the molecule is CCC1SCCSC1c1nc(CCN)cs1. The van der Waals surface area contributed by atoms with Crippen LogP contribution in [-0.4, -0.2) is 28.3 Å². The fourth-order valence-corrected chi connectivity index (χ4v) is 6.14. The Labute approximate surface area is 110 Å². The van der Waals surface area contributed by atoms with Crippen molar-refractivity contribution in [2.75, 3.05) is 18.1 Å². The Kier molecular flexibility index (Phi) is 5.00. The normalized spacial score (nSPS) is 25.9. The van der Waals surface area contributed by atoms with Gasteiger partial charge >= 0.3 is 0 Å². The topological polar surface area (TPSA) is 38.9 Å². The highest BCUT2D eigenvalue weighted by molar-refractivity contribution is 8.06. The summed E-state index contributed by atoms with van der Waals surface area (Å²) < 4.78 is 0. The molecule has 1 aliphatic rings. The van der Waals surface area contributed by atoms with Crippen molar-refractivity contribution in [2.45, 2.75) is 30.3 Å². The van der Waals surface area contributed by atoms with Gasteiger partial charge in [-0.1, -0.05) is 6.92 Å². The van der Waals surface area contributed by atoms with Crippen molar-refractivity contribution in [1.29, 1.82) is 0 Å². The first-order chi connectivity index (χ1) is 7.85. The minimum absolute atomic E-state index is 0.611. The molecule has 5 heteroatoms. The summed E-state index contributed by atoms with van der Waals surface area (Å²) in [6, 6.07) is 0. The number of hydrogen-bond acceptors (Lipinski definition) is 5. The van der Waals surface area contributed by atoms with Gasteiger partial charge in [0.05, 0.1) is 10.9 Å². The highest BCUT2D eigenvalue weighted by atomic mass is 32.2. The Morgan fingerprint density at radius 1 is 1.44 bits per heavy atom. The van der Waals surface area contributed by atoms with E-state index in [1.165, 1.54) is 28.6 Å². The van der Waals surface area contributed by atoms with Gasteiger partial charge in [0, 0.05) is 28.6 Å². The second-order valence-electron chi connectivity index (χ2n) is 3.82. The van der Waals surface area contributed by atoms with Crippen LogP contribution >= 0.6 is 34.9 Å². The Morgan fingerprint density at radius 3 is 3.00 bits per heavy atom. The van der Waals surface area contributed by atoms with Crippen LogP contribution in [0.2, 0.25) is 0 Å². The lowest BCUT2D eigenvalue weighted by atomic mass is 10.2. The highest BCUT2D eigenvalue weighted by Crippen LogP contribution is 2.44. The van der Waals surface area contributed by atoms with E-state index in [0.29, 0.717) is 11.8 Å². The van der Waals surface area contributed by atoms with Gasteiger partial charge in [-0.3, -0.25) is 0 Å². The largest absolute Gasteiger partial charge is 0.330 e. The molecule has 2 nitrogen and oxygen atoms in total. The van der Waals surface area contributed by atoms with E-state index in [1.54, 1.807) is 0 Å². The maximum Gasteiger partial charge on any atom is 0.107 e. The van der Waals surface area contributed by atoms with Crippen molar-refractivity contribution in [2.24, 2.45) is 5.73 Å². The second-order valence-corrected chi connectivity index (χ2v) is 7.31. The van der Waals surface area contributed by atoms with Crippen LogP contribution in [0.1, 0.15) is 29.3 Å². The van der Waals surface area contributed by atoms with Gasteiger partial charge in [-0.25, -0.2) is 4.98 Å². The van der Waals surface area contributed by atoms with E-state index in [4.69, 9.17) is 10.7 Å². The Morgan fingerprint density at radius 2 is 2.25 bits per heavy atom. The van der Waals surface area contributed by atoms with Gasteiger partial charge in [0.25, 0.3) is 0 Å². The zero-order chi connectivity index (χ0) is 11.4. The van der Waals surface area contributed by atoms with Crippen molar-refractivity contribution >= 4 is 34.9 Å². The molecule has 0 aromatic carbocycles. The van der Waals surface area contributed by atoms with Crippen LogP contribution in [0.25, 0.3) is 0 Å². The first kappa shape index (κ1) is 12.7. The fourth-order valence-electron chi connectivity index (χ4n) is 1.85. The lowest BCUT2D eigenvalue weighted by Crippen LogP contribution is -2.18. The standard InChI is InChI=1S/C11H18N2S3/c1-2-9-10(15-6-5-14-9)11-13-8(3-4-12)7-16-11/h7,9-10H,2-6,12H2,1H3. The number of thiazole rings is 1. The number of aromatic nitrogens is 1. The van der Waals surface area contributed by atoms with Crippen molar-refractivity contribution in [3.63, 3.8) is 0 Å². The van der Waals surface area contributed by atoms with Gasteiger partial charge in [0.15, 0.2) is 0 Å². The quantitative estimate of drug-likeness (QED) is 0.916. The molecule has 2 N–H and O–H groups in total. The van der Waals surface area contributed by atoms with Crippen molar-refractivity contribution < 1.29 is 0 Å². The average molecular weight is 274 g/mol. The molecule has 0 aliphatic carbocycles. The van der Waals surface area contributed by atoms with Gasteiger partial charge in [-0.05, 0) is 13.0 Å². The number of hydrogen-bond donors (Lipinski definition) is 1. The van der Waals surface area contributed by atoms with Crippen molar-refractivity contribution in [3.8, 4) is 0 Å². The highest BCUT2D eigenvalue weighted by Gasteiger charge is 2.28. The van der Waals surface area contributed by atoms with E-state index < -0.39 is 0 Å². The first-order valence-electron chi connectivity index (χ1n) is 5.72.